The molecule has 0 fully saturated rings. The van der Waals surface area contributed by atoms with Crippen LogP contribution in [0.3, 0.4) is 0 Å². The Bertz CT molecular complexity index is 1290. The van der Waals surface area contributed by atoms with Crippen LogP contribution in [0.1, 0.15) is 48.0 Å². The van der Waals surface area contributed by atoms with Gasteiger partial charge >= 0.3 is 0 Å². The Morgan fingerprint density at radius 2 is 1.50 bits per heavy atom. The van der Waals surface area contributed by atoms with E-state index in [2.05, 4.69) is 38.2 Å². The SMILES string of the molecule is CC(C)(C)c1ccc(C=CC(=O)Nc2c(C(=O)c3ccccc3)oc3ccccc23)cc1. The first-order valence-electron chi connectivity index (χ1n) is 10.5. The lowest BCUT2D eigenvalue weighted by atomic mass is 9.87. The number of hydrogen-bond donors (Lipinski definition) is 1. The molecule has 0 unspecified atom stereocenters. The maximum absolute atomic E-state index is 13.0. The number of carbonyl (C=O) groups excluding carboxylic acids is 2. The maximum atomic E-state index is 13.0. The van der Waals surface area contributed by atoms with E-state index in [0.29, 0.717) is 22.2 Å². The third kappa shape index (κ3) is 4.54. The fourth-order valence-corrected chi connectivity index (χ4v) is 3.48. The molecule has 4 heteroatoms. The summed E-state index contributed by atoms with van der Waals surface area (Å²) in [6.45, 7) is 6.48. The van der Waals surface area contributed by atoms with Gasteiger partial charge < -0.3 is 9.73 Å². The van der Waals surface area contributed by atoms with Gasteiger partial charge in [-0.1, -0.05) is 87.5 Å². The van der Waals surface area contributed by atoms with Crippen molar-refractivity contribution in [1.82, 2.24) is 0 Å². The van der Waals surface area contributed by atoms with Gasteiger partial charge in [-0.25, -0.2) is 0 Å². The van der Waals surface area contributed by atoms with Crippen molar-refractivity contribution in [3.8, 4) is 0 Å². The molecule has 4 aromatic rings. The summed E-state index contributed by atoms with van der Waals surface area (Å²) in [5.74, 6) is -0.494. The Labute approximate surface area is 187 Å². The normalized spacial score (nSPS) is 11.7. The summed E-state index contributed by atoms with van der Waals surface area (Å²) in [4.78, 5) is 25.8. The molecule has 0 saturated carbocycles. The number of rotatable bonds is 5. The lowest BCUT2D eigenvalue weighted by Crippen LogP contribution is -2.11. The van der Waals surface area contributed by atoms with Crippen LogP contribution in [0, 0.1) is 0 Å². The Morgan fingerprint density at radius 1 is 0.844 bits per heavy atom. The summed E-state index contributed by atoms with van der Waals surface area (Å²) in [6.07, 6.45) is 3.22. The number of nitrogens with one attached hydrogen (secondary N) is 1. The average molecular weight is 424 g/mol. The van der Waals surface area contributed by atoms with Crippen LogP contribution >= 0.6 is 0 Å². The van der Waals surface area contributed by atoms with Crippen LogP contribution in [-0.2, 0) is 10.2 Å². The molecule has 0 saturated heterocycles. The lowest BCUT2D eigenvalue weighted by molar-refractivity contribution is -0.111. The first kappa shape index (κ1) is 21.3. The largest absolute Gasteiger partial charge is 0.450 e. The molecule has 32 heavy (non-hydrogen) atoms. The molecule has 0 spiro atoms. The van der Waals surface area contributed by atoms with Gasteiger partial charge in [-0.15, -0.1) is 0 Å². The fourth-order valence-electron chi connectivity index (χ4n) is 3.48. The fraction of sp³-hybridized carbons (Fsp3) is 0.143. The Kier molecular flexibility index (Phi) is 5.78. The minimum Gasteiger partial charge on any atom is -0.450 e. The van der Waals surface area contributed by atoms with Crippen molar-refractivity contribution in [1.29, 1.82) is 0 Å². The molecule has 0 aliphatic heterocycles. The molecule has 4 nitrogen and oxygen atoms in total. The predicted molar refractivity (Wildman–Crippen MR) is 129 cm³/mol. The molecule has 4 rings (SSSR count). The van der Waals surface area contributed by atoms with Gasteiger partial charge in [0.1, 0.15) is 5.58 Å². The molecular formula is C28H25NO3. The minimum atomic E-state index is -0.335. The van der Waals surface area contributed by atoms with E-state index in [0.717, 1.165) is 5.56 Å². The smallest absolute Gasteiger partial charge is 0.248 e. The van der Waals surface area contributed by atoms with E-state index in [4.69, 9.17) is 4.42 Å². The molecule has 0 atom stereocenters. The zero-order valence-electron chi connectivity index (χ0n) is 18.4. The topological polar surface area (TPSA) is 59.3 Å². The molecule has 0 aliphatic rings. The first-order valence-corrected chi connectivity index (χ1v) is 10.5. The second-order valence-corrected chi connectivity index (χ2v) is 8.69. The number of amides is 1. The third-order valence-electron chi connectivity index (χ3n) is 5.29. The number of benzene rings is 3. The summed E-state index contributed by atoms with van der Waals surface area (Å²) in [6, 6.07) is 24.3. The number of fused-ring (bicyclic) bond motifs is 1. The Balaban J connectivity index is 1.60. The van der Waals surface area contributed by atoms with E-state index >= 15 is 0 Å². The zero-order valence-corrected chi connectivity index (χ0v) is 18.4. The summed E-state index contributed by atoms with van der Waals surface area (Å²) in [5, 5.41) is 3.53. The van der Waals surface area contributed by atoms with E-state index in [-0.39, 0.29) is 22.9 Å². The van der Waals surface area contributed by atoms with Gasteiger partial charge in [-0.3, -0.25) is 9.59 Å². The second kappa shape index (κ2) is 8.67. The Morgan fingerprint density at radius 3 is 2.19 bits per heavy atom. The van der Waals surface area contributed by atoms with Gasteiger partial charge in [-0.2, -0.15) is 0 Å². The van der Waals surface area contributed by atoms with Crippen molar-refractivity contribution in [2.24, 2.45) is 0 Å². The molecule has 0 bridgehead atoms. The predicted octanol–water partition coefficient (Wildman–Crippen LogP) is 6.61. The molecule has 0 radical (unpaired) electrons. The van der Waals surface area contributed by atoms with Crippen LogP contribution in [0.2, 0.25) is 0 Å². The van der Waals surface area contributed by atoms with Crippen molar-refractivity contribution in [2.45, 2.75) is 26.2 Å². The maximum Gasteiger partial charge on any atom is 0.248 e. The van der Waals surface area contributed by atoms with Gasteiger partial charge in [-0.05, 0) is 34.8 Å². The lowest BCUT2D eigenvalue weighted by Gasteiger charge is -2.18. The number of carbonyl (C=O) groups is 2. The van der Waals surface area contributed by atoms with Crippen LogP contribution in [-0.4, -0.2) is 11.7 Å². The number of anilines is 1. The van der Waals surface area contributed by atoms with E-state index in [1.807, 2.05) is 36.4 Å². The van der Waals surface area contributed by atoms with Crippen molar-refractivity contribution in [3.63, 3.8) is 0 Å². The number of furan rings is 1. The van der Waals surface area contributed by atoms with E-state index in [1.54, 1.807) is 36.4 Å². The van der Waals surface area contributed by atoms with Crippen molar-refractivity contribution < 1.29 is 14.0 Å². The molecule has 1 N–H and O–H groups in total. The van der Waals surface area contributed by atoms with Gasteiger partial charge in [0.25, 0.3) is 0 Å². The van der Waals surface area contributed by atoms with Crippen LogP contribution in [0.4, 0.5) is 5.69 Å². The van der Waals surface area contributed by atoms with Crippen LogP contribution in [0.5, 0.6) is 0 Å². The zero-order chi connectivity index (χ0) is 22.7. The minimum absolute atomic E-state index is 0.0731. The number of para-hydroxylation sites is 1. The number of ketones is 1. The highest BCUT2D eigenvalue weighted by Crippen LogP contribution is 2.32. The summed E-state index contributed by atoms with van der Waals surface area (Å²) in [7, 11) is 0. The van der Waals surface area contributed by atoms with Gasteiger partial charge in [0.2, 0.25) is 11.7 Å². The third-order valence-corrected chi connectivity index (χ3v) is 5.29. The second-order valence-electron chi connectivity index (χ2n) is 8.69. The monoisotopic (exact) mass is 423 g/mol. The van der Waals surface area contributed by atoms with Crippen molar-refractivity contribution in [2.75, 3.05) is 5.32 Å². The summed E-state index contributed by atoms with van der Waals surface area (Å²) >= 11 is 0. The van der Waals surface area contributed by atoms with Crippen LogP contribution in [0.15, 0.2) is 89.4 Å². The molecule has 1 amide bonds. The van der Waals surface area contributed by atoms with E-state index in [1.165, 1.54) is 11.6 Å². The molecular weight excluding hydrogens is 398 g/mol. The average Bonchev–Trinajstić information content (AvgIpc) is 3.16. The molecule has 160 valence electrons. The quantitative estimate of drug-likeness (QED) is 0.290. The van der Waals surface area contributed by atoms with E-state index in [9.17, 15) is 9.59 Å². The summed E-state index contributed by atoms with van der Waals surface area (Å²) in [5.41, 5.74) is 3.65. The molecule has 0 aliphatic carbocycles. The molecule has 1 aromatic heterocycles. The summed E-state index contributed by atoms with van der Waals surface area (Å²) < 4.78 is 5.84. The molecule has 3 aromatic carbocycles. The van der Waals surface area contributed by atoms with E-state index < -0.39 is 0 Å². The van der Waals surface area contributed by atoms with Crippen molar-refractivity contribution in [3.05, 3.63) is 107 Å². The van der Waals surface area contributed by atoms with Gasteiger partial charge in [0, 0.05) is 17.0 Å². The highest BCUT2D eigenvalue weighted by molar-refractivity contribution is 6.18. The van der Waals surface area contributed by atoms with Gasteiger partial charge in [0.05, 0.1) is 5.69 Å². The molecule has 1 heterocycles. The number of hydrogen-bond acceptors (Lipinski definition) is 3. The van der Waals surface area contributed by atoms with Crippen molar-refractivity contribution >= 4 is 34.4 Å². The highest BCUT2D eigenvalue weighted by atomic mass is 16.3. The van der Waals surface area contributed by atoms with Gasteiger partial charge in [0.15, 0.2) is 5.76 Å². The Hall–Kier alpha value is -3.92. The standard InChI is InChI=1S/C28H25NO3/c1-28(2,3)21-16-13-19(14-17-21)15-18-24(30)29-25-22-11-7-8-12-23(22)32-27(25)26(31)20-9-5-4-6-10-20/h4-18H,1-3H3,(H,29,30). The van der Waals surface area contributed by atoms with Crippen LogP contribution in [0.25, 0.3) is 17.0 Å². The highest BCUT2D eigenvalue weighted by Gasteiger charge is 2.22. The first-order chi connectivity index (χ1) is 15.3. The van der Waals surface area contributed by atoms with Crippen LogP contribution < -0.4 is 5.32 Å².